The number of carboxylic acids is 1. The van der Waals surface area contributed by atoms with Gasteiger partial charge in [-0.1, -0.05) is 24.4 Å². The molecule has 1 aliphatic rings. The summed E-state index contributed by atoms with van der Waals surface area (Å²) in [6.45, 7) is 0. The van der Waals surface area contributed by atoms with Crippen LogP contribution in [0.1, 0.15) is 25.7 Å². The van der Waals surface area contributed by atoms with Gasteiger partial charge >= 0.3 is 5.97 Å². The molecular formula is C15H18ClNO4. The minimum absolute atomic E-state index is 0.294. The van der Waals surface area contributed by atoms with Gasteiger partial charge in [-0.25, -0.2) is 0 Å². The summed E-state index contributed by atoms with van der Waals surface area (Å²) >= 11 is 6.05. The monoisotopic (exact) mass is 311 g/mol. The van der Waals surface area contributed by atoms with Crippen LogP contribution in [-0.2, 0) is 9.59 Å². The van der Waals surface area contributed by atoms with Crippen LogP contribution >= 0.6 is 11.6 Å². The van der Waals surface area contributed by atoms with Crippen molar-refractivity contribution in [2.45, 2.75) is 25.7 Å². The van der Waals surface area contributed by atoms with Crippen molar-refractivity contribution >= 4 is 29.2 Å². The molecule has 21 heavy (non-hydrogen) atoms. The molecule has 2 atom stereocenters. The topological polar surface area (TPSA) is 75.6 Å². The zero-order valence-corrected chi connectivity index (χ0v) is 12.5. The average Bonchev–Trinajstić information content (AvgIpc) is 2.49. The lowest BCUT2D eigenvalue weighted by Gasteiger charge is -2.27. The molecule has 0 aliphatic heterocycles. The number of amides is 1. The molecule has 1 aromatic rings. The Kier molecular flexibility index (Phi) is 5.07. The van der Waals surface area contributed by atoms with Gasteiger partial charge < -0.3 is 15.2 Å². The molecule has 0 spiro atoms. The standard InChI is InChI=1S/C15H18ClNO4/c1-21-9-6-7-12(16)13(8-9)17-14(18)10-4-2-3-5-11(10)15(19)20/h6-8,10-11H,2-5H2,1H3,(H,17,18)(H,19,20). The fourth-order valence-corrected chi connectivity index (χ4v) is 2.86. The molecule has 0 radical (unpaired) electrons. The van der Waals surface area contributed by atoms with Crippen LogP contribution in [0.3, 0.4) is 0 Å². The summed E-state index contributed by atoms with van der Waals surface area (Å²) in [7, 11) is 1.52. The van der Waals surface area contributed by atoms with Crippen molar-refractivity contribution in [3.8, 4) is 5.75 Å². The number of carbonyl (C=O) groups excluding carboxylic acids is 1. The molecule has 1 fully saturated rings. The molecule has 2 unspecified atom stereocenters. The minimum Gasteiger partial charge on any atom is -0.497 e. The van der Waals surface area contributed by atoms with Gasteiger partial charge in [-0.2, -0.15) is 0 Å². The van der Waals surface area contributed by atoms with Crippen LogP contribution < -0.4 is 10.1 Å². The maximum absolute atomic E-state index is 12.4. The van der Waals surface area contributed by atoms with Gasteiger partial charge in [0.25, 0.3) is 0 Å². The van der Waals surface area contributed by atoms with Gasteiger partial charge in [0.05, 0.1) is 29.7 Å². The number of ether oxygens (including phenoxy) is 1. The summed E-state index contributed by atoms with van der Waals surface area (Å²) in [6.07, 6.45) is 2.85. The molecule has 6 heteroatoms. The van der Waals surface area contributed by atoms with Gasteiger partial charge in [-0.3, -0.25) is 9.59 Å². The highest BCUT2D eigenvalue weighted by atomic mass is 35.5. The number of rotatable bonds is 4. The summed E-state index contributed by atoms with van der Waals surface area (Å²) in [5.74, 6) is -1.77. The van der Waals surface area contributed by atoms with E-state index in [2.05, 4.69) is 5.32 Å². The highest BCUT2D eigenvalue weighted by Gasteiger charge is 2.35. The number of anilines is 1. The van der Waals surface area contributed by atoms with Gasteiger partial charge in [0, 0.05) is 6.07 Å². The third-order valence-electron chi connectivity index (χ3n) is 3.85. The summed E-state index contributed by atoms with van der Waals surface area (Å²) in [5.41, 5.74) is 0.440. The van der Waals surface area contributed by atoms with E-state index in [-0.39, 0.29) is 5.91 Å². The predicted octanol–water partition coefficient (Wildman–Crippen LogP) is 3.18. The summed E-state index contributed by atoms with van der Waals surface area (Å²) < 4.78 is 5.09. The summed E-state index contributed by atoms with van der Waals surface area (Å²) in [6, 6.07) is 4.95. The van der Waals surface area contributed by atoms with Crippen LogP contribution in [0.2, 0.25) is 5.02 Å². The summed E-state index contributed by atoms with van der Waals surface area (Å²) in [5, 5.41) is 12.4. The van der Waals surface area contributed by atoms with Crippen molar-refractivity contribution in [1.29, 1.82) is 0 Å². The predicted molar refractivity (Wildman–Crippen MR) is 79.7 cm³/mol. The highest BCUT2D eigenvalue weighted by Crippen LogP contribution is 2.33. The van der Waals surface area contributed by atoms with Crippen LogP contribution in [0.25, 0.3) is 0 Å². The van der Waals surface area contributed by atoms with E-state index in [1.165, 1.54) is 7.11 Å². The average molecular weight is 312 g/mol. The van der Waals surface area contributed by atoms with E-state index in [1.807, 2.05) is 0 Å². The van der Waals surface area contributed by atoms with Crippen molar-refractivity contribution < 1.29 is 19.4 Å². The fourth-order valence-electron chi connectivity index (χ4n) is 2.69. The van der Waals surface area contributed by atoms with Gasteiger partial charge in [0.2, 0.25) is 5.91 Å². The first-order chi connectivity index (χ1) is 10.0. The molecule has 0 saturated heterocycles. The molecular weight excluding hydrogens is 294 g/mol. The van der Waals surface area contributed by atoms with Gasteiger partial charge in [0.1, 0.15) is 5.75 Å². The van der Waals surface area contributed by atoms with Gasteiger partial charge in [-0.05, 0) is 25.0 Å². The van der Waals surface area contributed by atoms with E-state index in [9.17, 15) is 14.7 Å². The number of carboxylic acid groups (broad SMARTS) is 1. The SMILES string of the molecule is COc1ccc(Cl)c(NC(=O)C2CCCCC2C(=O)O)c1. The molecule has 0 bridgehead atoms. The number of aliphatic carboxylic acids is 1. The van der Waals surface area contributed by atoms with Crippen molar-refractivity contribution in [1.82, 2.24) is 0 Å². The molecule has 1 saturated carbocycles. The molecule has 0 aromatic heterocycles. The Bertz CT molecular complexity index is 546. The Morgan fingerprint density at radius 2 is 1.95 bits per heavy atom. The number of benzene rings is 1. The van der Waals surface area contributed by atoms with E-state index in [1.54, 1.807) is 18.2 Å². The second-order valence-electron chi connectivity index (χ2n) is 5.17. The number of methoxy groups -OCH3 is 1. The Labute approximate surface area is 128 Å². The van der Waals surface area contributed by atoms with E-state index in [4.69, 9.17) is 16.3 Å². The zero-order chi connectivity index (χ0) is 15.4. The molecule has 5 nitrogen and oxygen atoms in total. The maximum Gasteiger partial charge on any atom is 0.307 e. The molecule has 1 amide bonds. The largest absolute Gasteiger partial charge is 0.497 e. The van der Waals surface area contributed by atoms with Crippen LogP contribution in [0.15, 0.2) is 18.2 Å². The first-order valence-corrected chi connectivity index (χ1v) is 7.28. The molecule has 114 valence electrons. The van der Waals surface area contributed by atoms with Crippen molar-refractivity contribution in [3.05, 3.63) is 23.2 Å². The van der Waals surface area contributed by atoms with Gasteiger partial charge in [-0.15, -0.1) is 0 Å². The number of carbonyl (C=O) groups is 2. The normalized spacial score (nSPS) is 21.6. The third kappa shape index (κ3) is 3.67. The second kappa shape index (κ2) is 6.80. The Morgan fingerprint density at radius 3 is 2.57 bits per heavy atom. The lowest BCUT2D eigenvalue weighted by molar-refractivity contribution is -0.147. The molecule has 2 rings (SSSR count). The lowest BCUT2D eigenvalue weighted by Crippen LogP contribution is -2.36. The molecule has 1 aliphatic carbocycles. The van der Waals surface area contributed by atoms with E-state index < -0.39 is 17.8 Å². The van der Waals surface area contributed by atoms with Crippen molar-refractivity contribution in [3.63, 3.8) is 0 Å². The van der Waals surface area contributed by atoms with Crippen LogP contribution in [-0.4, -0.2) is 24.1 Å². The Morgan fingerprint density at radius 1 is 1.29 bits per heavy atom. The lowest BCUT2D eigenvalue weighted by atomic mass is 9.78. The molecule has 1 aromatic carbocycles. The molecule has 0 heterocycles. The van der Waals surface area contributed by atoms with Gasteiger partial charge in [0.15, 0.2) is 0 Å². The minimum atomic E-state index is -0.911. The summed E-state index contributed by atoms with van der Waals surface area (Å²) in [4.78, 5) is 23.6. The first kappa shape index (κ1) is 15.6. The number of hydrogen-bond donors (Lipinski definition) is 2. The van der Waals surface area contributed by atoms with Crippen LogP contribution in [0.4, 0.5) is 5.69 Å². The van der Waals surface area contributed by atoms with E-state index in [0.717, 1.165) is 12.8 Å². The van der Waals surface area contributed by atoms with Crippen molar-refractivity contribution in [2.75, 3.05) is 12.4 Å². The number of hydrogen-bond acceptors (Lipinski definition) is 3. The Hall–Kier alpha value is -1.75. The Balaban J connectivity index is 2.14. The zero-order valence-electron chi connectivity index (χ0n) is 11.8. The highest BCUT2D eigenvalue weighted by molar-refractivity contribution is 6.33. The fraction of sp³-hybridized carbons (Fsp3) is 0.467. The molecule has 2 N–H and O–H groups in total. The quantitative estimate of drug-likeness (QED) is 0.895. The first-order valence-electron chi connectivity index (χ1n) is 6.90. The number of halogens is 1. The smallest absolute Gasteiger partial charge is 0.307 e. The van der Waals surface area contributed by atoms with Crippen LogP contribution in [0.5, 0.6) is 5.75 Å². The number of nitrogens with one attached hydrogen (secondary N) is 1. The second-order valence-corrected chi connectivity index (χ2v) is 5.58. The van der Waals surface area contributed by atoms with Crippen molar-refractivity contribution in [2.24, 2.45) is 11.8 Å². The van der Waals surface area contributed by atoms with Crippen LogP contribution in [0, 0.1) is 11.8 Å². The van der Waals surface area contributed by atoms with E-state index >= 15 is 0 Å². The van der Waals surface area contributed by atoms with E-state index in [0.29, 0.717) is 29.3 Å². The maximum atomic E-state index is 12.4. The third-order valence-corrected chi connectivity index (χ3v) is 4.18.